The first-order chi connectivity index (χ1) is 8.61. The predicted molar refractivity (Wildman–Crippen MR) is 67.4 cm³/mol. The minimum absolute atomic E-state index is 0.188. The SMILES string of the molecule is COC(=O)c1ccc2c(NC(C)=O)nccc2c1. The Morgan fingerprint density at radius 3 is 2.72 bits per heavy atom. The van der Waals surface area contributed by atoms with Gasteiger partial charge in [0.25, 0.3) is 0 Å². The molecule has 5 heteroatoms. The second kappa shape index (κ2) is 4.83. The van der Waals surface area contributed by atoms with Crippen LogP contribution in [0, 0.1) is 0 Å². The fourth-order valence-corrected chi connectivity index (χ4v) is 1.69. The zero-order valence-corrected chi connectivity index (χ0v) is 10.1. The number of carbonyl (C=O) groups excluding carboxylic acids is 2. The number of anilines is 1. The van der Waals surface area contributed by atoms with Crippen molar-refractivity contribution < 1.29 is 14.3 Å². The number of pyridine rings is 1. The van der Waals surface area contributed by atoms with Gasteiger partial charge in [-0.15, -0.1) is 0 Å². The third-order valence-electron chi connectivity index (χ3n) is 2.48. The van der Waals surface area contributed by atoms with E-state index >= 15 is 0 Å². The van der Waals surface area contributed by atoms with Crippen molar-refractivity contribution in [1.82, 2.24) is 4.98 Å². The molecule has 0 saturated heterocycles. The van der Waals surface area contributed by atoms with Gasteiger partial charge in [0.2, 0.25) is 5.91 Å². The van der Waals surface area contributed by atoms with Crippen LogP contribution in [-0.2, 0) is 9.53 Å². The highest BCUT2D eigenvalue weighted by atomic mass is 16.5. The lowest BCUT2D eigenvalue weighted by atomic mass is 10.1. The topological polar surface area (TPSA) is 68.3 Å². The van der Waals surface area contributed by atoms with Gasteiger partial charge in [-0.2, -0.15) is 0 Å². The van der Waals surface area contributed by atoms with Crippen LogP contribution in [0.1, 0.15) is 17.3 Å². The van der Waals surface area contributed by atoms with E-state index in [0.717, 1.165) is 10.8 Å². The second-order valence-corrected chi connectivity index (χ2v) is 3.77. The summed E-state index contributed by atoms with van der Waals surface area (Å²) in [6.45, 7) is 1.42. The Balaban J connectivity index is 2.53. The molecule has 0 aliphatic heterocycles. The number of hydrogen-bond acceptors (Lipinski definition) is 4. The predicted octanol–water partition coefficient (Wildman–Crippen LogP) is 1.98. The Kier molecular flexibility index (Phi) is 3.23. The van der Waals surface area contributed by atoms with Crippen molar-refractivity contribution in [2.45, 2.75) is 6.92 Å². The zero-order valence-electron chi connectivity index (χ0n) is 10.1. The maximum atomic E-state index is 11.4. The lowest BCUT2D eigenvalue weighted by Gasteiger charge is -2.07. The van der Waals surface area contributed by atoms with Crippen LogP contribution in [0.4, 0.5) is 5.82 Å². The molecule has 1 heterocycles. The Morgan fingerprint density at radius 2 is 2.06 bits per heavy atom. The Bertz CT molecular complexity index is 623. The molecular weight excluding hydrogens is 232 g/mol. The van der Waals surface area contributed by atoms with E-state index in [1.807, 2.05) is 0 Å². The van der Waals surface area contributed by atoms with Crippen LogP contribution >= 0.6 is 0 Å². The van der Waals surface area contributed by atoms with Gasteiger partial charge in [-0.25, -0.2) is 9.78 Å². The van der Waals surface area contributed by atoms with E-state index in [4.69, 9.17) is 0 Å². The molecule has 0 radical (unpaired) electrons. The van der Waals surface area contributed by atoms with Gasteiger partial charge in [-0.1, -0.05) is 0 Å². The van der Waals surface area contributed by atoms with Crippen molar-refractivity contribution in [2.75, 3.05) is 12.4 Å². The molecule has 0 spiro atoms. The molecule has 1 amide bonds. The van der Waals surface area contributed by atoms with E-state index in [0.29, 0.717) is 11.4 Å². The molecule has 0 atom stereocenters. The maximum Gasteiger partial charge on any atom is 0.337 e. The van der Waals surface area contributed by atoms with Gasteiger partial charge < -0.3 is 10.1 Å². The first-order valence-corrected chi connectivity index (χ1v) is 5.36. The van der Waals surface area contributed by atoms with Crippen molar-refractivity contribution in [3.05, 3.63) is 36.0 Å². The van der Waals surface area contributed by atoms with Gasteiger partial charge in [-0.05, 0) is 29.7 Å². The first kappa shape index (κ1) is 12.0. The number of rotatable bonds is 2. The number of fused-ring (bicyclic) bond motifs is 1. The molecule has 0 aliphatic carbocycles. The lowest BCUT2D eigenvalue weighted by Crippen LogP contribution is -2.08. The zero-order chi connectivity index (χ0) is 13.1. The summed E-state index contributed by atoms with van der Waals surface area (Å²) in [7, 11) is 1.34. The Morgan fingerprint density at radius 1 is 1.28 bits per heavy atom. The van der Waals surface area contributed by atoms with Crippen LogP contribution in [-0.4, -0.2) is 24.0 Å². The molecular formula is C13H12N2O3. The summed E-state index contributed by atoms with van der Waals surface area (Å²) in [6.07, 6.45) is 1.58. The molecule has 0 fully saturated rings. The summed E-state index contributed by atoms with van der Waals surface area (Å²) in [5.74, 6) is -0.0988. The summed E-state index contributed by atoms with van der Waals surface area (Å²) < 4.78 is 4.66. The fraction of sp³-hybridized carbons (Fsp3) is 0.154. The molecule has 92 valence electrons. The standard InChI is InChI=1S/C13H12N2O3/c1-8(16)15-12-11-4-3-10(13(17)18-2)7-9(11)5-6-14-12/h3-7H,1-2H3,(H,14,15,16). The molecule has 0 aliphatic rings. The lowest BCUT2D eigenvalue weighted by molar-refractivity contribution is -0.114. The minimum atomic E-state index is -0.394. The molecule has 1 aromatic carbocycles. The molecule has 18 heavy (non-hydrogen) atoms. The van der Waals surface area contributed by atoms with Crippen LogP contribution in [0.3, 0.4) is 0 Å². The number of ether oxygens (including phenoxy) is 1. The Labute approximate surface area is 104 Å². The van der Waals surface area contributed by atoms with Gasteiger partial charge in [0.15, 0.2) is 0 Å². The van der Waals surface area contributed by atoms with E-state index in [-0.39, 0.29) is 5.91 Å². The highest BCUT2D eigenvalue weighted by Crippen LogP contribution is 2.22. The molecule has 5 nitrogen and oxygen atoms in total. The van der Waals surface area contributed by atoms with E-state index in [2.05, 4.69) is 15.0 Å². The van der Waals surface area contributed by atoms with Gasteiger partial charge >= 0.3 is 5.97 Å². The number of nitrogens with zero attached hydrogens (tertiary/aromatic N) is 1. The second-order valence-electron chi connectivity index (χ2n) is 3.77. The summed E-state index contributed by atoms with van der Waals surface area (Å²) in [6, 6.07) is 6.85. The van der Waals surface area contributed by atoms with Crippen molar-refractivity contribution in [3.8, 4) is 0 Å². The number of aromatic nitrogens is 1. The average Bonchev–Trinajstić information content (AvgIpc) is 2.37. The average molecular weight is 244 g/mol. The molecule has 0 unspecified atom stereocenters. The number of benzene rings is 1. The summed E-state index contributed by atoms with van der Waals surface area (Å²) in [5.41, 5.74) is 0.463. The van der Waals surface area contributed by atoms with Crippen molar-refractivity contribution in [1.29, 1.82) is 0 Å². The van der Waals surface area contributed by atoms with Crippen molar-refractivity contribution in [3.63, 3.8) is 0 Å². The largest absolute Gasteiger partial charge is 0.465 e. The molecule has 2 aromatic rings. The summed E-state index contributed by atoms with van der Waals surface area (Å²) in [4.78, 5) is 26.6. The number of methoxy groups -OCH3 is 1. The quantitative estimate of drug-likeness (QED) is 0.820. The number of amides is 1. The van der Waals surface area contributed by atoms with E-state index in [9.17, 15) is 9.59 Å². The maximum absolute atomic E-state index is 11.4. The monoisotopic (exact) mass is 244 g/mol. The number of carbonyl (C=O) groups is 2. The van der Waals surface area contributed by atoms with Crippen LogP contribution in [0.25, 0.3) is 10.8 Å². The van der Waals surface area contributed by atoms with Gasteiger partial charge in [0, 0.05) is 18.5 Å². The number of nitrogens with one attached hydrogen (secondary N) is 1. The highest BCUT2D eigenvalue weighted by Gasteiger charge is 2.08. The van der Waals surface area contributed by atoms with E-state index < -0.39 is 5.97 Å². The van der Waals surface area contributed by atoms with E-state index in [1.54, 1.807) is 30.5 Å². The third kappa shape index (κ3) is 2.29. The van der Waals surface area contributed by atoms with Crippen LogP contribution in [0.15, 0.2) is 30.5 Å². The normalized spacial score (nSPS) is 10.1. The summed E-state index contributed by atoms with van der Waals surface area (Å²) >= 11 is 0. The van der Waals surface area contributed by atoms with Crippen molar-refractivity contribution in [2.24, 2.45) is 0 Å². The smallest absolute Gasteiger partial charge is 0.337 e. The fourth-order valence-electron chi connectivity index (χ4n) is 1.69. The highest BCUT2D eigenvalue weighted by molar-refractivity contribution is 6.02. The van der Waals surface area contributed by atoms with Crippen LogP contribution < -0.4 is 5.32 Å². The molecule has 1 N–H and O–H groups in total. The Hall–Kier alpha value is -2.43. The van der Waals surface area contributed by atoms with Crippen molar-refractivity contribution >= 4 is 28.5 Å². The number of esters is 1. The first-order valence-electron chi connectivity index (χ1n) is 5.36. The molecule has 2 rings (SSSR count). The molecule has 1 aromatic heterocycles. The van der Waals surface area contributed by atoms with E-state index in [1.165, 1.54) is 14.0 Å². The minimum Gasteiger partial charge on any atom is -0.465 e. The van der Waals surface area contributed by atoms with Gasteiger partial charge in [0.05, 0.1) is 12.7 Å². The van der Waals surface area contributed by atoms with Crippen LogP contribution in [0.2, 0.25) is 0 Å². The van der Waals surface area contributed by atoms with Gasteiger partial charge in [-0.3, -0.25) is 4.79 Å². The molecule has 0 bridgehead atoms. The summed E-state index contributed by atoms with van der Waals surface area (Å²) in [5, 5.41) is 4.24. The number of hydrogen-bond donors (Lipinski definition) is 1. The third-order valence-corrected chi connectivity index (χ3v) is 2.48. The van der Waals surface area contributed by atoms with Crippen LogP contribution in [0.5, 0.6) is 0 Å². The molecule has 0 saturated carbocycles. The van der Waals surface area contributed by atoms with Gasteiger partial charge in [0.1, 0.15) is 5.82 Å².